The van der Waals surface area contributed by atoms with E-state index in [1.807, 2.05) is 0 Å². The van der Waals surface area contributed by atoms with Crippen molar-refractivity contribution in [2.24, 2.45) is 16.8 Å². The molecule has 2 N–H and O–H groups in total. The van der Waals surface area contributed by atoms with Gasteiger partial charge in [0.2, 0.25) is 0 Å². The van der Waals surface area contributed by atoms with Crippen LogP contribution in [0.1, 0.15) is 57.8 Å². The largest absolute Gasteiger partial charge is 0.378 e. The predicted molar refractivity (Wildman–Crippen MR) is 118 cm³/mol. The molecule has 2 aliphatic heterocycles. The van der Waals surface area contributed by atoms with Gasteiger partial charge in [0, 0.05) is 25.2 Å². The van der Waals surface area contributed by atoms with Gasteiger partial charge >= 0.3 is 0 Å². The molecule has 27 heavy (non-hydrogen) atoms. The smallest absolute Gasteiger partial charge is 0.191 e. The lowest BCUT2D eigenvalue weighted by molar-refractivity contribution is -0.00828. The second-order valence-electron chi connectivity index (χ2n) is 8.70. The van der Waals surface area contributed by atoms with Crippen molar-refractivity contribution in [2.75, 3.05) is 24.7 Å². The van der Waals surface area contributed by atoms with E-state index in [1.54, 1.807) is 0 Å². The molecule has 4 fully saturated rings. The predicted octanol–water partition coefficient (Wildman–Crippen LogP) is 2.47. The highest BCUT2D eigenvalue weighted by Gasteiger charge is 2.36. The minimum absolute atomic E-state index is 0. The lowest BCUT2D eigenvalue weighted by atomic mass is 10.0. The van der Waals surface area contributed by atoms with Gasteiger partial charge in [-0.15, -0.1) is 24.0 Å². The highest BCUT2D eigenvalue weighted by Crippen LogP contribution is 2.38. The minimum atomic E-state index is -2.83. The van der Waals surface area contributed by atoms with Crippen LogP contribution in [0, 0.1) is 11.8 Å². The van der Waals surface area contributed by atoms with Crippen LogP contribution < -0.4 is 10.6 Å². The van der Waals surface area contributed by atoms with Crippen molar-refractivity contribution in [2.45, 2.75) is 76.0 Å². The Labute approximate surface area is 180 Å². The summed E-state index contributed by atoms with van der Waals surface area (Å²) >= 11 is 0. The van der Waals surface area contributed by atoms with Gasteiger partial charge in [-0.05, 0) is 56.8 Å². The zero-order valence-electron chi connectivity index (χ0n) is 16.1. The molecule has 4 aliphatic rings. The highest BCUT2D eigenvalue weighted by atomic mass is 127. The summed E-state index contributed by atoms with van der Waals surface area (Å²) in [5, 5.41) is 7.27. The Bertz CT molecular complexity index is 618. The number of aliphatic imine (C=N–C) groups is 1. The molecule has 8 heteroatoms. The third kappa shape index (κ3) is 6.45. The van der Waals surface area contributed by atoms with Gasteiger partial charge in [0.05, 0.1) is 17.6 Å². The van der Waals surface area contributed by atoms with E-state index in [0.29, 0.717) is 36.2 Å². The summed E-state index contributed by atoms with van der Waals surface area (Å²) in [6, 6.07) is 0.918. The van der Waals surface area contributed by atoms with E-state index in [-0.39, 0.29) is 29.9 Å². The Morgan fingerprint density at radius 2 is 1.74 bits per heavy atom. The first-order chi connectivity index (χ1) is 12.6. The van der Waals surface area contributed by atoms with Crippen LogP contribution in [0.2, 0.25) is 0 Å². The van der Waals surface area contributed by atoms with Crippen molar-refractivity contribution in [3.63, 3.8) is 0 Å². The molecule has 0 amide bonds. The van der Waals surface area contributed by atoms with Gasteiger partial charge in [-0.2, -0.15) is 0 Å². The summed E-state index contributed by atoms with van der Waals surface area (Å²) < 4.78 is 29.3. The Morgan fingerprint density at radius 1 is 1.00 bits per heavy atom. The van der Waals surface area contributed by atoms with Crippen molar-refractivity contribution in [1.82, 2.24) is 10.6 Å². The molecule has 3 unspecified atom stereocenters. The third-order valence-corrected chi connectivity index (χ3v) is 8.17. The van der Waals surface area contributed by atoms with E-state index in [4.69, 9.17) is 9.73 Å². The molecule has 0 aromatic carbocycles. The molecule has 6 nitrogen and oxygen atoms in total. The summed E-state index contributed by atoms with van der Waals surface area (Å²) in [4.78, 5) is 4.80. The van der Waals surface area contributed by atoms with Gasteiger partial charge in [0.15, 0.2) is 15.8 Å². The van der Waals surface area contributed by atoms with Gasteiger partial charge in [-0.25, -0.2) is 8.42 Å². The molecule has 2 saturated carbocycles. The molecule has 0 aromatic heterocycles. The summed E-state index contributed by atoms with van der Waals surface area (Å²) in [5.41, 5.74) is 0. The van der Waals surface area contributed by atoms with Crippen molar-refractivity contribution in [1.29, 1.82) is 0 Å². The van der Waals surface area contributed by atoms with Crippen LogP contribution in [0.4, 0.5) is 0 Å². The average Bonchev–Trinajstić information content (AvgIpc) is 3.24. The molecule has 0 aromatic rings. The van der Waals surface area contributed by atoms with E-state index in [2.05, 4.69) is 10.6 Å². The fraction of sp³-hybridized carbons (Fsp3) is 0.947. The number of halogens is 1. The standard InChI is InChI=1S/C19H33N3O3S.HI/c23-26(24)10-8-14(13-26)12-20-19(21-16-3-1-2-4-16)22-17-7-9-25-18(11-17)15-5-6-15;/h14-18H,1-13H2,(H2,20,21,22);1H. The van der Waals surface area contributed by atoms with Crippen molar-refractivity contribution >= 4 is 39.8 Å². The fourth-order valence-corrected chi connectivity index (χ4v) is 6.43. The van der Waals surface area contributed by atoms with Crippen LogP contribution in [-0.2, 0) is 14.6 Å². The molecule has 0 spiro atoms. The summed E-state index contributed by atoms with van der Waals surface area (Å²) in [6.07, 6.45) is 10.9. The SMILES string of the molecule is I.O=S1(=O)CCC(CN=C(NC2CCCC2)NC2CCOC(C3CC3)C2)C1. The molecule has 2 aliphatic carbocycles. The van der Waals surface area contributed by atoms with E-state index in [9.17, 15) is 8.42 Å². The molecular weight excluding hydrogens is 477 g/mol. The van der Waals surface area contributed by atoms with Crippen LogP contribution in [0.15, 0.2) is 4.99 Å². The number of nitrogens with zero attached hydrogens (tertiary/aromatic N) is 1. The second kappa shape index (κ2) is 9.61. The number of hydrogen-bond donors (Lipinski definition) is 2. The van der Waals surface area contributed by atoms with Crippen LogP contribution in [0.3, 0.4) is 0 Å². The van der Waals surface area contributed by atoms with E-state index >= 15 is 0 Å². The van der Waals surface area contributed by atoms with Gasteiger partial charge in [0.25, 0.3) is 0 Å². The monoisotopic (exact) mass is 511 g/mol. The Morgan fingerprint density at radius 3 is 2.41 bits per heavy atom. The maximum Gasteiger partial charge on any atom is 0.191 e. The molecule has 0 radical (unpaired) electrons. The normalized spacial score (nSPS) is 34.2. The molecule has 156 valence electrons. The van der Waals surface area contributed by atoms with Crippen LogP contribution >= 0.6 is 24.0 Å². The van der Waals surface area contributed by atoms with Crippen LogP contribution in [-0.4, -0.2) is 57.2 Å². The molecule has 3 atom stereocenters. The minimum Gasteiger partial charge on any atom is -0.378 e. The topological polar surface area (TPSA) is 79.8 Å². The summed E-state index contributed by atoms with van der Waals surface area (Å²) in [7, 11) is -2.83. The van der Waals surface area contributed by atoms with Gasteiger partial charge < -0.3 is 15.4 Å². The number of nitrogens with one attached hydrogen (secondary N) is 2. The first-order valence-corrected chi connectivity index (χ1v) is 12.3. The number of ether oxygens (including phenoxy) is 1. The lowest BCUT2D eigenvalue weighted by Crippen LogP contribution is -2.50. The molecule has 2 heterocycles. The van der Waals surface area contributed by atoms with Crippen molar-refractivity contribution in [3.8, 4) is 0 Å². The zero-order valence-corrected chi connectivity index (χ0v) is 19.2. The Kier molecular flexibility index (Phi) is 7.69. The van der Waals surface area contributed by atoms with E-state index < -0.39 is 9.84 Å². The second-order valence-corrected chi connectivity index (χ2v) is 10.9. The van der Waals surface area contributed by atoms with Gasteiger partial charge in [-0.3, -0.25) is 4.99 Å². The maximum absolute atomic E-state index is 11.7. The zero-order chi connectivity index (χ0) is 18.0. The maximum atomic E-state index is 11.7. The number of guanidine groups is 1. The van der Waals surface area contributed by atoms with E-state index in [1.165, 1.54) is 38.5 Å². The van der Waals surface area contributed by atoms with Crippen LogP contribution in [0.25, 0.3) is 0 Å². The Balaban J connectivity index is 0.00000210. The first kappa shape index (κ1) is 21.6. The molecule has 0 bridgehead atoms. The highest BCUT2D eigenvalue weighted by molar-refractivity contribution is 14.0. The van der Waals surface area contributed by atoms with E-state index in [0.717, 1.165) is 37.7 Å². The van der Waals surface area contributed by atoms with Gasteiger partial charge in [0.1, 0.15) is 0 Å². The summed E-state index contributed by atoms with van der Waals surface area (Å²) in [5.74, 6) is 2.47. The first-order valence-electron chi connectivity index (χ1n) is 10.5. The molecule has 4 rings (SSSR count). The quantitative estimate of drug-likeness (QED) is 0.337. The van der Waals surface area contributed by atoms with Crippen molar-refractivity contribution < 1.29 is 13.2 Å². The third-order valence-electron chi connectivity index (χ3n) is 6.33. The van der Waals surface area contributed by atoms with Crippen LogP contribution in [0.5, 0.6) is 0 Å². The average molecular weight is 511 g/mol. The Hall–Kier alpha value is -0.0900. The lowest BCUT2D eigenvalue weighted by Gasteiger charge is -2.32. The fourth-order valence-electron chi connectivity index (χ4n) is 4.58. The number of sulfone groups is 1. The number of rotatable bonds is 5. The number of hydrogen-bond acceptors (Lipinski definition) is 4. The molecule has 2 saturated heterocycles. The van der Waals surface area contributed by atoms with Crippen molar-refractivity contribution in [3.05, 3.63) is 0 Å². The summed E-state index contributed by atoms with van der Waals surface area (Å²) in [6.45, 7) is 1.44. The van der Waals surface area contributed by atoms with Gasteiger partial charge in [-0.1, -0.05) is 12.8 Å². The molecular formula is C19H34IN3O3S.